The monoisotopic (exact) mass is 331 g/mol. The van der Waals surface area contributed by atoms with Crippen molar-refractivity contribution < 1.29 is 22.0 Å². The lowest BCUT2D eigenvalue weighted by Crippen LogP contribution is -2.38. The highest BCUT2D eigenvalue weighted by Gasteiger charge is 2.25. The van der Waals surface area contributed by atoms with Crippen LogP contribution in [0.1, 0.15) is 38.5 Å². The van der Waals surface area contributed by atoms with Crippen molar-refractivity contribution in [3.63, 3.8) is 0 Å². The summed E-state index contributed by atoms with van der Waals surface area (Å²) >= 11 is 0. The minimum absolute atomic E-state index is 0.0393. The zero-order valence-corrected chi connectivity index (χ0v) is 13.0. The highest BCUT2D eigenvalue weighted by Crippen LogP contribution is 2.19. The summed E-state index contributed by atoms with van der Waals surface area (Å²) in [6, 6.07) is 2.14. The molecule has 0 radical (unpaired) electrons. The van der Waals surface area contributed by atoms with Crippen LogP contribution in [0.25, 0.3) is 0 Å². The third kappa shape index (κ3) is 4.50. The highest BCUT2D eigenvalue weighted by atomic mass is 32.2. The standard InChI is InChI=1S/C15H19F2NO3S/c16-11-7-8-13(17)14(9-11)22(20,21)10-15(19)18-12-5-3-1-2-4-6-12/h7-9,12H,1-6,10H2,(H,18,19). The summed E-state index contributed by atoms with van der Waals surface area (Å²) in [4.78, 5) is 11.1. The number of hydrogen-bond acceptors (Lipinski definition) is 3. The van der Waals surface area contributed by atoms with Crippen molar-refractivity contribution in [2.24, 2.45) is 0 Å². The molecule has 22 heavy (non-hydrogen) atoms. The minimum atomic E-state index is -4.20. The molecule has 7 heteroatoms. The van der Waals surface area contributed by atoms with Crippen molar-refractivity contribution in [3.05, 3.63) is 29.8 Å². The lowest BCUT2D eigenvalue weighted by molar-refractivity contribution is -0.119. The molecule has 0 heterocycles. The fraction of sp³-hybridized carbons (Fsp3) is 0.533. The molecule has 0 bridgehead atoms. The molecule has 1 N–H and O–H groups in total. The molecule has 4 nitrogen and oxygen atoms in total. The third-order valence-electron chi connectivity index (χ3n) is 3.77. The second kappa shape index (κ2) is 7.17. The Bertz CT molecular complexity index is 638. The molecule has 0 unspecified atom stereocenters. The maximum atomic E-state index is 13.6. The topological polar surface area (TPSA) is 63.2 Å². The molecule has 0 atom stereocenters. The summed E-state index contributed by atoms with van der Waals surface area (Å²) in [7, 11) is -4.20. The van der Waals surface area contributed by atoms with Gasteiger partial charge in [0.15, 0.2) is 9.84 Å². The largest absolute Gasteiger partial charge is 0.352 e. The lowest BCUT2D eigenvalue weighted by atomic mass is 10.1. The van der Waals surface area contributed by atoms with Crippen molar-refractivity contribution in [1.82, 2.24) is 5.32 Å². The second-order valence-corrected chi connectivity index (χ2v) is 7.55. The predicted octanol–water partition coefficient (Wildman–Crippen LogP) is 2.58. The van der Waals surface area contributed by atoms with E-state index in [2.05, 4.69) is 5.32 Å². The van der Waals surface area contributed by atoms with Gasteiger partial charge in [-0.3, -0.25) is 4.79 Å². The van der Waals surface area contributed by atoms with E-state index in [0.29, 0.717) is 6.07 Å². The maximum Gasteiger partial charge on any atom is 0.235 e. The molecule has 1 amide bonds. The van der Waals surface area contributed by atoms with Gasteiger partial charge < -0.3 is 5.32 Å². The first-order valence-corrected chi connectivity index (χ1v) is 9.01. The zero-order chi connectivity index (χ0) is 16.2. The van der Waals surface area contributed by atoms with Gasteiger partial charge in [-0.05, 0) is 31.0 Å². The Labute approximate surface area is 128 Å². The summed E-state index contributed by atoms with van der Waals surface area (Å²) < 4.78 is 50.8. The lowest BCUT2D eigenvalue weighted by Gasteiger charge is -2.16. The van der Waals surface area contributed by atoms with Gasteiger partial charge in [-0.1, -0.05) is 25.7 Å². The van der Waals surface area contributed by atoms with Gasteiger partial charge in [-0.25, -0.2) is 17.2 Å². The maximum absolute atomic E-state index is 13.6. The van der Waals surface area contributed by atoms with E-state index in [0.717, 1.165) is 50.7 Å². The van der Waals surface area contributed by atoms with Crippen LogP contribution in [0.4, 0.5) is 8.78 Å². The number of halogens is 2. The average Bonchev–Trinajstić information content (AvgIpc) is 2.69. The molecular weight excluding hydrogens is 312 g/mol. The van der Waals surface area contributed by atoms with Gasteiger partial charge >= 0.3 is 0 Å². The van der Waals surface area contributed by atoms with Gasteiger partial charge in [0.25, 0.3) is 0 Å². The molecule has 0 aliphatic heterocycles. The van der Waals surface area contributed by atoms with E-state index in [4.69, 9.17) is 0 Å². The fourth-order valence-corrected chi connectivity index (χ4v) is 3.90. The molecule has 0 saturated heterocycles. The predicted molar refractivity (Wildman–Crippen MR) is 78.0 cm³/mol. The molecule has 0 aromatic heterocycles. The second-order valence-electron chi connectivity index (χ2n) is 5.59. The summed E-state index contributed by atoms with van der Waals surface area (Å²) in [5.41, 5.74) is 0. The zero-order valence-electron chi connectivity index (χ0n) is 12.1. The molecule has 1 aliphatic carbocycles. The molecule has 1 saturated carbocycles. The van der Waals surface area contributed by atoms with E-state index in [1.54, 1.807) is 0 Å². The summed E-state index contributed by atoms with van der Waals surface area (Å²) in [5, 5.41) is 2.68. The number of carbonyl (C=O) groups is 1. The SMILES string of the molecule is O=C(CS(=O)(=O)c1cc(F)ccc1F)NC1CCCCCC1. The van der Waals surface area contributed by atoms with Gasteiger partial charge in [0.2, 0.25) is 5.91 Å². The van der Waals surface area contributed by atoms with E-state index in [1.807, 2.05) is 0 Å². The Kier molecular flexibility index (Phi) is 5.50. The fourth-order valence-electron chi connectivity index (χ4n) is 2.66. The van der Waals surface area contributed by atoms with Crippen LogP contribution in [-0.4, -0.2) is 26.1 Å². The Morgan fingerprint density at radius 1 is 1.14 bits per heavy atom. The van der Waals surface area contributed by atoms with Crippen LogP contribution in [0.2, 0.25) is 0 Å². The van der Waals surface area contributed by atoms with Crippen molar-refractivity contribution in [2.75, 3.05) is 5.75 Å². The number of amides is 1. The number of carbonyl (C=O) groups excluding carboxylic acids is 1. The van der Waals surface area contributed by atoms with Crippen LogP contribution in [0.5, 0.6) is 0 Å². The van der Waals surface area contributed by atoms with E-state index in [-0.39, 0.29) is 6.04 Å². The Hall–Kier alpha value is -1.50. The van der Waals surface area contributed by atoms with Crippen LogP contribution < -0.4 is 5.32 Å². The molecule has 0 spiro atoms. The third-order valence-corrected chi connectivity index (χ3v) is 5.39. The van der Waals surface area contributed by atoms with Gasteiger partial charge in [0.1, 0.15) is 22.3 Å². The molecule has 2 rings (SSSR count). The molecule has 1 fully saturated rings. The summed E-state index contributed by atoms with van der Waals surface area (Å²) in [6.07, 6.45) is 5.85. The van der Waals surface area contributed by atoms with Crippen LogP contribution in [-0.2, 0) is 14.6 Å². The van der Waals surface area contributed by atoms with Crippen molar-refractivity contribution in [2.45, 2.75) is 49.5 Å². The first-order valence-electron chi connectivity index (χ1n) is 7.35. The van der Waals surface area contributed by atoms with E-state index in [1.165, 1.54) is 0 Å². The Morgan fingerprint density at radius 2 is 1.77 bits per heavy atom. The van der Waals surface area contributed by atoms with Crippen LogP contribution in [0.3, 0.4) is 0 Å². The number of sulfone groups is 1. The molecule has 1 aliphatic rings. The highest BCUT2D eigenvalue weighted by molar-refractivity contribution is 7.92. The quantitative estimate of drug-likeness (QED) is 0.863. The molecule has 122 valence electrons. The van der Waals surface area contributed by atoms with E-state index < -0.39 is 38.0 Å². The molecular formula is C15H19F2NO3S. The number of nitrogens with one attached hydrogen (secondary N) is 1. The first kappa shape index (κ1) is 16.9. The minimum Gasteiger partial charge on any atom is -0.352 e. The van der Waals surface area contributed by atoms with E-state index >= 15 is 0 Å². The van der Waals surface area contributed by atoms with Crippen molar-refractivity contribution >= 4 is 15.7 Å². The van der Waals surface area contributed by atoms with Gasteiger partial charge in [-0.2, -0.15) is 0 Å². The molecule has 1 aromatic rings. The van der Waals surface area contributed by atoms with Crippen LogP contribution in [0, 0.1) is 11.6 Å². The summed E-state index contributed by atoms with van der Waals surface area (Å²) in [6.45, 7) is 0. The van der Waals surface area contributed by atoms with Gasteiger partial charge in [-0.15, -0.1) is 0 Å². The Balaban J connectivity index is 2.04. The van der Waals surface area contributed by atoms with Crippen LogP contribution >= 0.6 is 0 Å². The molecule has 1 aromatic carbocycles. The average molecular weight is 331 g/mol. The van der Waals surface area contributed by atoms with E-state index in [9.17, 15) is 22.0 Å². The number of hydrogen-bond donors (Lipinski definition) is 1. The number of benzene rings is 1. The number of rotatable bonds is 4. The smallest absolute Gasteiger partial charge is 0.235 e. The van der Waals surface area contributed by atoms with Crippen molar-refractivity contribution in [3.8, 4) is 0 Å². The van der Waals surface area contributed by atoms with Crippen LogP contribution in [0.15, 0.2) is 23.1 Å². The van der Waals surface area contributed by atoms with Gasteiger partial charge in [0.05, 0.1) is 0 Å². The normalized spacial score (nSPS) is 17.0. The van der Waals surface area contributed by atoms with Crippen molar-refractivity contribution in [1.29, 1.82) is 0 Å². The Morgan fingerprint density at radius 3 is 2.41 bits per heavy atom. The summed E-state index contributed by atoms with van der Waals surface area (Å²) in [5.74, 6) is -3.45. The first-order chi connectivity index (χ1) is 10.4. The van der Waals surface area contributed by atoms with Gasteiger partial charge in [0, 0.05) is 6.04 Å².